The maximum absolute atomic E-state index is 14.1. The Bertz CT molecular complexity index is 1410. The topological polar surface area (TPSA) is 70.9 Å². The molecule has 41 heavy (non-hydrogen) atoms. The third kappa shape index (κ3) is 6.38. The van der Waals surface area contributed by atoms with Gasteiger partial charge in [-0.25, -0.2) is 9.48 Å². The Labute approximate surface area is 247 Å². The first-order valence-corrected chi connectivity index (χ1v) is 14.8. The van der Waals surface area contributed by atoms with Crippen LogP contribution in [-0.4, -0.2) is 75.9 Å². The summed E-state index contributed by atoms with van der Waals surface area (Å²) in [6.07, 6.45) is 2.80. The lowest BCUT2D eigenvalue weighted by atomic mass is 9.90. The van der Waals surface area contributed by atoms with E-state index >= 15 is 0 Å². The van der Waals surface area contributed by atoms with Crippen molar-refractivity contribution >= 4 is 29.3 Å². The molecule has 2 aliphatic heterocycles. The van der Waals surface area contributed by atoms with Crippen molar-refractivity contribution in [2.75, 3.05) is 37.6 Å². The van der Waals surface area contributed by atoms with E-state index in [9.17, 15) is 9.59 Å². The van der Waals surface area contributed by atoms with Crippen LogP contribution in [0.25, 0.3) is 5.69 Å². The monoisotopic (exact) mass is 577 g/mol. The fourth-order valence-electron chi connectivity index (χ4n) is 5.90. The first-order valence-electron chi connectivity index (χ1n) is 14.4. The van der Waals surface area contributed by atoms with E-state index in [-0.39, 0.29) is 24.0 Å². The standard InChI is InChI=1S/C32H40ClN5O3/c1-22-9-8-10-25(19-22)37-18-17-36(21-23(37)2)30(39)26-20-34-38(28-12-7-6-11-27(28)33)29(26)24-13-15-35(16-14-24)31(40)41-32(3,4)5/h6-12,19-20,23-24H,13-18,21H2,1-5H3/t23-/m1/s1. The average Bonchev–Trinajstić information content (AvgIpc) is 3.37. The summed E-state index contributed by atoms with van der Waals surface area (Å²) in [7, 11) is 0. The molecular formula is C32H40ClN5O3. The Hall–Kier alpha value is -3.52. The minimum absolute atomic E-state index is 0.0105. The molecule has 2 fully saturated rings. The molecule has 0 radical (unpaired) electrons. The highest BCUT2D eigenvalue weighted by Gasteiger charge is 2.35. The number of hydrogen-bond donors (Lipinski definition) is 0. The Morgan fingerprint density at radius 2 is 1.71 bits per heavy atom. The van der Waals surface area contributed by atoms with Crippen LogP contribution in [0.5, 0.6) is 0 Å². The minimum atomic E-state index is -0.545. The molecule has 3 heterocycles. The SMILES string of the molecule is Cc1cccc(N2CCN(C(=O)c3cnn(-c4ccccc4Cl)c3C3CCN(C(=O)OC(C)(C)C)CC3)C[C@H]2C)c1. The second-order valence-electron chi connectivity index (χ2n) is 12.2. The van der Waals surface area contributed by atoms with Gasteiger partial charge < -0.3 is 19.4 Å². The number of para-hydroxylation sites is 1. The molecule has 8 nitrogen and oxygen atoms in total. The van der Waals surface area contributed by atoms with Crippen LogP contribution in [0.3, 0.4) is 0 Å². The lowest BCUT2D eigenvalue weighted by Crippen LogP contribution is -2.54. The molecule has 0 N–H and O–H groups in total. The summed E-state index contributed by atoms with van der Waals surface area (Å²) in [6, 6.07) is 16.3. The molecule has 0 spiro atoms. The van der Waals surface area contributed by atoms with Gasteiger partial charge in [0, 0.05) is 50.4 Å². The van der Waals surface area contributed by atoms with E-state index < -0.39 is 5.60 Å². The van der Waals surface area contributed by atoms with Crippen LogP contribution < -0.4 is 4.90 Å². The molecule has 2 saturated heterocycles. The van der Waals surface area contributed by atoms with E-state index in [1.54, 1.807) is 11.1 Å². The normalized spacial score (nSPS) is 18.5. The fourth-order valence-corrected chi connectivity index (χ4v) is 6.11. The lowest BCUT2D eigenvalue weighted by molar-refractivity contribution is 0.0203. The van der Waals surface area contributed by atoms with E-state index in [4.69, 9.17) is 21.4 Å². The van der Waals surface area contributed by atoms with Crippen molar-refractivity contribution in [2.45, 2.75) is 65.0 Å². The van der Waals surface area contributed by atoms with Crippen LogP contribution in [0.15, 0.2) is 54.7 Å². The zero-order valence-corrected chi connectivity index (χ0v) is 25.4. The number of piperidine rings is 1. The molecule has 9 heteroatoms. The van der Waals surface area contributed by atoms with Crippen molar-refractivity contribution in [2.24, 2.45) is 0 Å². The van der Waals surface area contributed by atoms with Gasteiger partial charge in [-0.1, -0.05) is 35.9 Å². The minimum Gasteiger partial charge on any atom is -0.444 e. The second-order valence-corrected chi connectivity index (χ2v) is 12.6. The third-order valence-corrected chi connectivity index (χ3v) is 8.22. The summed E-state index contributed by atoms with van der Waals surface area (Å²) in [5, 5.41) is 5.27. The van der Waals surface area contributed by atoms with E-state index in [0.717, 1.165) is 17.9 Å². The van der Waals surface area contributed by atoms with Crippen LogP contribution in [-0.2, 0) is 4.74 Å². The highest BCUT2D eigenvalue weighted by molar-refractivity contribution is 6.32. The molecule has 0 bridgehead atoms. The summed E-state index contributed by atoms with van der Waals surface area (Å²) in [4.78, 5) is 32.9. The zero-order valence-electron chi connectivity index (χ0n) is 24.6. The van der Waals surface area contributed by atoms with Gasteiger partial charge in [-0.15, -0.1) is 0 Å². The van der Waals surface area contributed by atoms with Gasteiger partial charge in [0.1, 0.15) is 5.60 Å². The van der Waals surface area contributed by atoms with E-state index in [1.165, 1.54) is 11.3 Å². The predicted molar refractivity (Wildman–Crippen MR) is 162 cm³/mol. The van der Waals surface area contributed by atoms with Gasteiger partial charge in [-0.3, -0.25) is 4.79 Å². The molecule has 0 aliphatic carbocycles. The number of halogens is 1. The van der Waals surface area contributed by atoms with Gasteiger partial charge in [0.15, 0.2) is 0 Å². The summed E-state index contributed by atoms with van der Waals surface area (Å²) in [5.41, 5.74) is 4.08. The average molecular weight is 578 g/mol. The molecule has 2 aliphatic rings. The van der Waals surface area contributed by atoms with Gasteiger partial charge in [-0.2, -0.15) is 5.10 Å². The number of amides is 2. The van der Waals surface area contributed by atoms with E-state index in [1.807, 2.05) is 54.6 Å². The van der Waals surface area contributed by atoms with Crippen LogP contribution >= 0.6 is 11.6 Å². The number of aryl methyl sites for hydroxylation is 1. The Kier molecular flexibility index (Phi) is 8.32. The number of rotatable bonds is 4. The molecule has 2 amide bonds. The molecule has 218 valence electrons. The van der Waals surface area contributed by atoms with E-state index in [2.05, 4.69) is 43.0 Å². The van der Waals surface area contributed by atoms with Gasteiger partial charge in [0.25, 0.3) is 5.91 Å². The van der Waals surface area contributed by atoms with E-state index in [0.29, 0.717) is 49.6 Å². The van der Waals surface area contributed by atoms with Crippen molar-refractivity contribution in [3.05, 3.63) is 76.6 Å². The number of anilines is 1. The summed E-state index contributed by atoms with van der Waals surface area (Å²) in [6.45, 7) is 13.0. The Balaban J connectivity index is 1.39. The largest absolute Gasteiger partial charge is 0.444 e. The van der Waals surface area contributed by atoms with Crippen LogP contribution in [0.1, 0.15) is 68.1 Å². The molecule has 1 atom stereocenters. The number of carbonyl (C=O) groups is 2. The van der Waals surface area contributed by atoms with Crippen LogP contribution in [0.2, 0.25) is 5.02 Å². The van der Waals surface area contributed by atoms with Crippen LogP contribution in [0, 0.1) is 6.92 Å². The second kappa shape index (κ2) is 11.8. The van der Waals surface area contributed by atoms with Crippen LogP contribution in [0.4, 0.5) is 10.5 Å². The lowest BCUT2D eigenvalue weighted by Gasteiger charge is -2.41. The number of aromatic nitrogens is 2. The number of hydrogen-bond acceptors (Lipinski definition) is 5. The molecule has 5 rings (SSSR count). The van der Waals surface area contributed by atoms with Crippen molar-refractivity contribution in [3.63, 3.8) is 0 Å². The summed E-state index contributed by atoms with van der Waals surface area (Å²) >= 11 is 6.61. The van der Waals surface area contributed by atoms with Crippen molar-refractivity contribution in [1.29, 1.82) is 0 Å². The maximum Gasteiger partial charge on any atom is 0.410 e. The van der Waals surface area contributed by atoms with Gasteiger partial charge in [0.2, 0.25) is 0 Å². The molecule has 3 aromatic rings. The molecule has 0 saturated carbocycles. The smallest absolute Gasteiger partial charge is 0.410 e. The number of piperazine rings is 1. The molecule has 2 aromatic carbocycles. The number of ether oxygens (including phenoxy) is 1. The van der Waals surface area contributed by atoms with Gasteiger partial charge >= 0.3 is 6.09 Å². The Morgan fingerprint density at radius 1 is 0.976 bits per heavy atom. The maximum atomic E-state index is 14.1. The van der Waals surface area contributed by atoms with Crippen molar-refractivity contribution < 1.29 is 14.3 Å². The first kappa shape index (κ1) is 29.0. The summed E-state index contributed by atoms with van der Waals surface area (Å²) < 4.78 is 7.43. The molecule has 1 aromatic heterocycles. The molecular weight excluding hydrogens is 538 g/mol. The fraction of sp³-hybridized carbons (Fsp3) is 0.469. The van der Waals surface area contributed by atoms with Crippen molar-refractivity contribution in [3.8, 4) is 5.69 Å². The zero-order chi connectivity index (χ0) is 29.3. The number of carbonyl (C=O) groups excluding carboxylic acids is 2. The van der Waals surface area contributed by atoms with Crippen molar-refractivity contribution in [1.82, 2.24) is 19.6 Å². The highest BCUT2D eigenvalue weighted by Crippen LogP contribution is 2.35. The Morgan fingerprint density at radius 3 is 2.37 bits per heavy atom. The highest BCUT2D eigenvalue weighted by atomic mass is 35.5. The quantitative estimate of drug-likeness (QED) is 0.364. The van der Waals surface area contributed by atoms with Gasteiger partial charge in [0.05, 0.1) is 28.2 Å². The number of likely N-dealkylation sites (tertiary alicyclic amines) is 1. The number of benzene rings is 2. The molecule has 0 unspecified atom stereocenters. The van der Waals surface area contributed by atoms with Gasteiger partial charge in [-0.05, 0) is 77.3 Å². The third-order valence-electron chi connectivity index (χ3n) is 7.90. The number of nitrogens with zero attached hydrogens (tertiary/aromatic N) is 5. The first-order chi connectivity index (χ1) is 19.5. The predicted octanol–water partition coefficient (Wildman–Crippen LogP) is 6.30. The summed E-state index contributed by atoms with van der Waals surface area (Å²) in [5.74, 6) is 0.0287.